The molecule has 7 heteroatoms. The van der Waals surface area contributed by atoms with Crippen molar-refractivity contribution >= 4 is 33.8 Å². The minimum absolute atomic E-state index is 0.109. The van der Waals surface area contributed by atoms with Gasteiger partial charge in [0.15, 0.2) is 10.8 Å². The van der Waals surface area contributed by atoms with Crippen LogP contribution < -0.4 is 5.32 Å². The van der Waals surface area contributed by atoms with Crippen LogP contribution in [-0.2, 0) is 5.54 Å². The lowest BCUT2D eigenvalue weighted by molar-refractivity contribution is 0.0690. The second kappa shape index (κ2) is 4.66. The highest BCUT2D eigenvalue weighted by Gasteiger charge is 2.25. The zero-order chi connectivity index (χ0) is 13.3. The molecule has 0 unspecified atom stereocenters. The number of nitrogens with zero attached hydrogens (tertiary/aromatic N) is 2. The Bertz CT molecular complexity index is 561. The maximum atomic E-state index is 10.9. The topological polar surface area (TPSA) is 75.1 Å². The van der Waals surface area contributed by atoms with E-state index in [0.29, 0.717) is 10.0 Å². The van der Waals surface area contributed by atoms with Gasteiger partial charge in [-0.2, -0.15) is 0 Å². The van der Waals surface area contributed by atoms with E-state index in [2.05, 4.69) is 15.3 Å². The molecule has 0 saturated carbocycles. The fourth-order valence-corrected chi connectivity index (χ4v) is 3.18. The predicted octanol–water partition coefficient (Wildman–Crippen LogP) is 2.95. The quantitative estimate of drug-likeness (QED) is 0.902. The van der Waals surface area contributed by atoms with Crippen LogP contribution in [0.4, 0.5) is 5.13 Å². The van der Waals surface area contributed by atoms with Crippen molar-refractivity contribution in [1.29, 1.82) is 0 Å². The van der Waals surface area contributed by atoms with Crippen molar-refractivity contribution in [2.45, 2.75) is 26.3 Å². The number of anilines is 1. The molecule has 0 fully saturated rings. The van der Waals surface area contributed by atoms with Crippen LogP contribution in [-0.4, -0.2) is 21.0 Å². The van der Waals surface area contributed by atoms with Crippen molar-refractivity contribution in [2.75, 3.05) is 5.32 Å². The predicted molar refractivity (Wildman–Crippen MR) is 72.6 cm³/mol. The van der Waals surface area contributed by atoms with Gasteiger partial charge >= 0.3 is 5.97 Å². The molecule has 0 atom stereocenters. The summed E-state index contributed by atoms with van der Waals surface area (Å²) in [4.78, 5) is 20.0. The van der Waals surface area contributed by atoms with Gasteiger partial charge in [-0.15, -0.1) is 22.7 Å². The van der Waals surface area contributed by atoms with Gasteiger partial charge in [0.2, 0.25) is 0 Å². The van der Waals surface area contributed by atoms with Crippen molar-refractivity contribution in [3.63, 3.8) is 0 Å². The zero-order valence-electron chi connectivity index (χ0n) is 10.2. The first-order valence-electron chi connectivity index (χ1n) is 5.29. The Hall–Kier alpha value is -1.47. The number of aromatic carboxylic acids is 1. The smallest absolute Gasteiger partial charge is 0.355 e. The van der Waals surface area contributed by atoms with E-state index >= 15 is 0 Å². The number of nitrogens with one attached hydrogen (secondary N) is 1. The third-order valence-electron chi connectivity index (χ3n) is 2.39. The Morgan fingerprint density at radius 3 is 2.72 bits per heavy atom. The SMILES string of the molecule is Cc1sc(NC(C)(C)c2nccs2)nc1C(=O)O. The molecule has 0 aliphatic heterocycles. The highest BCUT2D eigenvalue weighted by molar-refractivity contribution is 7.15. The third kappa shape index (κ3) is 2.51. The van der Waals surface area contributed by atoms with Gasteiger partial charge < -0.3 is 10.4 Å². The van der Waals surface area contributed by atoms with Crippen LogP contribution >= 0.6 is 22.7 Å². The van der Waals surface area contributed by atoms with Crippen molar-refractivity contribution in [2.24, 2.45) is 0 Å². The summed E-state index contributed by atoms with van der Waals surface area (Å²) in [5.41, 5.74) is -0.258. The van der Waals surface area contributed by atoms with Gasteiger partial charge in [0.25, 0.3) is 0 Å². The van der Waals surface area contributed by atoms with E-state index in [1.165, 1.54) is 11.3 Å². The van der Waals surface area contributed by atoms with Crippen molar-refractivity contribution < 1.29 is 9.90 Å². The van der Waals surface area contributed by atoms with E-state index in [-0.39, 0.29) is 11.2 Å². The Kier molecular flexibility index (Phi) is 3.36. The Morgan fingerprint density at radius 2 is 2.22 bits per heavy atom. The van der Waals surface area contributed by atoms with Gasteiger partial charge in [0, 0.05) is 16.5 Å². The summed E-state index contributed by atoms with van der Waals surface area (Å²) in [5.74, 6) is -0.996. The van der Waals surface area contributed by atoms with Crippen molar-refractivity contribution in [3.8, 4) is 0 Å². The number of aryl methyl sites for hydroxylation is 1. The molecule has 2 rings (SSSR count). The Morgan fingerprint density at radius 1 is 1.50 bits per heavy atom. The van der Waals surface area contributed by atoms with E-state index in [1.807, 2.05) is 19.2 Å². The van der Waals surface area contributed by atoms with Crippen LogP contribution in [0.1, 0.15) is 34.2 Å². The van der Waals surface area contributed by atoms with E-state index in [0.717, 1.165) is 5.01 Å². The van der Waals surface area contributed by atoms with Gasteiger partial charge in [-0.05, 0) is 20.8 Å². The number of rotatable bonds is 4. The second-order valence-corrected chi connectivity index (χ2v) is 6.41. The lowest BCUT2D eigenvalue weighted by atomic mass is 10.1. The molecule has 0 radical (unpaired) electrons. The minimum atomic E-state index is -0.996. The van der Waals surface area contributed by atoms with E-state index in [1.54, 1.807) is 24.5 Å². The highest BCUT2D eigenvalue weighted by Crippen LogP contribution is 2.30. The van der Waals surface area contributed by atoms with E-state index in [4.69, 9.17) is 5.11 Å². The average molecular weight is 283 g/mol. The number of carboxylic acid groups (broad SMARTS) is 1. The fourth-order valence-electron chi connectivity index (χ4n) is 1.50. The summed E-state index contributed by atoms with van der Waals surface area (Å²) >= 11 is 2.89. The van der Waals surface area contributed by atoms with Crippen LogP contribution in [0.3, 0.4) is 0 Å². The molecule has 0 aliphatic carbocycles. The summed E-state index contributed by atoms with van der Waals surface area (Å²) in [7, 11) is 0. The number of hydrogen-bond acceptors (Lipinski definition) is 6. The van der Waals surface area contributed by atoms with E-state index < -0.39 is 5.97 Å². The molecular weight excluding hydrogens is 270 g/mol. The maximum Gasteiger partial charge on any atom is 0.355 e. The number of carboxylic acids is 1. The number of hydrogen-bond donors (Lipinski definition) is 2. The summed E-state index contributed by atoms with van der Waals surface area (Å²) in [6.07, 6.45) is 1.75. The molecule has 0 bridgehead atoms. The van der Waals surface area contributed by atoms with Crippen molar-refractivity contribution in [1.82, 2.24) is 9.97 Å². The molecule has 0 amide bonds. The first kappa shape index (κ1) is 13.0. The number of aromatic nitrogens is 2. The number of carbonyl (C=O) groups is 1. The van der Waals surface area contributed by atoms with Gasteiger partial charge in [-0.1, -0.05) is 0 Å². The molecule has 2 aromatic rings. The summed E-state index contributed by atoms with van der Waals surface area (Å²) in [6.45, 7) is 5.73. The molecule has 0 aromatic carbocycles. The number of thiazole rings is 2. The highest BCUT2D eigenvalue weighted by atomic mass is 32.1. The maximum absolute atomic E-state index is 10.9. The molecule has 5 nitrogen and oxygen atoms in total. The van der Waals surface area contributed by atoms with Gasteiger partial charge in [-0.3, -0.25) is 0 Å². The van der Waals surface area contributed by atoms with Crippen LogP contribution in [0.2, 0.25) is 0 Å². The fraction of sp³-hybridized carbons (Fsp3) is 0.364. The zero-order valence-corrected chi connectivity index (χ0v) is 11.9. The molecular formula is C11H13N3O2S2. The molecule has 2 heterocycles. The Balaban J connectivity index is 2.24. The molecule has 0 saturated heterocycles. The summed E-state index contributed by atoms with van der Waals surface area (Å²) in [5, 5.41) is 15.6. The van der Waals surface area contributed by atoms with E-state index in [9.17, 15) is 4.79 Å². The largest absolute Gasteiger partial charge is 0.476 e. The van der Waals surface area contributed by atoms with Gasteiger partial charge in [0.05, 0.1) is 5.54 Å². The third-order valence-corrected chi connectivity index (χ3v) is 4.37. The normalized spacial score (nSPS) is 11.5. The molecule has 2 N–H and O–H groups in total. The summed E-state index contributed by atoms with van der Waals surface area (Å²) in [6, 6.07) is 0. The minimum Gasteiger partial charge on any atom is -0.476 e. The van der Waals surface area contributed by atoms with Gasteiger partial charge in [-0.25, -0.2) is 14.8 Å². The Labute approximate surface area is 113 Å². The molecule has 18 heavy (non-hydrogen) atoms. The standard InChI is InChI=1S/C11H13N3O2S2/c1-6-7(8(15)16)13-10(18-6)14-11(2,3)9-12-4-5-17-9/h4-5H,1-3H3,(H,13,14)(H,15,16). The first-order chi connectivity index (χ1) is 8.40. The van der Waals surface area contributed by atoms with Crippen LogP contribution in [0.15, 0.2) is 11.6 Å². The summed E-state index contributed by atoms with van der Waals surface area (Å²) < 4.78 is 0. The van der Waals surface area contributed by atoms with Crippen LogP contribution in [0.25, 0.3) is 0 Å². The average Bonchev–Trinajstić information content (AvgIpc) is 2.86. The molecule has 2 aromatic heterocycles. The van der Waals surface area contributed by atoms with Crippen molar-refractivity contribution in [3.05, 3.63) is 27.2 Å². The van der Waals surface area contributed by atoms with Crippen LogP contribution in [0.5, 0.6) is 0 Å². The monoisotopic (exact) mass is 283 g/mol. The lowest BCUT2D eigenvalue weighted by Crippen LogP contribution is -2.27. The van der Waals surface area contributed by atoms with Gasteiger partial charge in [0.1, 0.15) is 5.01 Å². The second-order valence-electron chi connectivity index (χ2n) is 4.32. The van der Waals surface area contributed by atoms with Crippen LogP contribution in [0, 0.1) is 6.92 Å². The lowest BCUT2D eigenvalue weighted by Gasteiger charge is -2.23. The first-order valence-corrected chi connectivity index (χ1v) is 6.98. The molecule has 0 spiro atoms. The molecule has 96 valence electrons. The molecule has 0 aliphatic rings.